The van der Waals surface area contributed by atoms with Crippen molar-refractivity contribution >= 4 is 12.1 Å². The average Bonchev–Trinajstić information content (AvgIpc) is 2.47. The molecule has 1 rings (SSSR count). The van der Waals surface area contributed by atoms with E-state index >= 15 is 0 Å². The van der Waals surface area contributed by atoms with Crippen LogP contribution >= 0.6 is 0 Å². The number of carboxylic acid groups (broad SMARTS) is 1. The van der Waals surface area contributed by atoms with Crippen molar-refractivity contribution in [2.45, 2.75) is 52.1 Å². The fraction of sp³-hybridized carbons (Fsp3) is 0.556. The van der Waals surface area contributed by atoms with Gasteiger partial charge >= 0.3 is 12.1 Å². The fourth-order valence-electron chi connectivity index (χ4n) is 2.07. The zero-order chi connectivity index (χ0) is 18.9. The van der Waals surface area contributed by atoms with Crippen molar-refractivity contribution in [1.82, 2.24) is 5.32 Å². The molecule has 0 aliphatic rings. The van der Waals surface area contributed by atoms with Gasteiger partial charge in [0.15, 0.2) is 0 Å². The summed E-state index contributed by atoms with van der Waals surface area (Å²) in [6, 6.07) is 3.94. The molecule has 140 valence electrons. The van der Waals surface area contributed by atoms with Crippen LogP contribution < -0.4 is 10.1 Å². The van der Waals surface area contributed by atoms with Crippen LogP contribution in [0.2, 0.25) is 0 Å². The molecule has 0 aromatic heterocycles. The highest BCUT2D eigenvalue weighted by atomic mass is 16.6. The van der Waals surface area contributed by atoms with E-state index in [0.717, 1.165) is 25.7 Å². The first kappa shape index (κ1) is 20.6. The molecule has 1 aromatic rings. The zero-order valence-corrected chi connectivity index (χ0v) is 15.0. The van der Waals surface area contributed by atoms with Crippen molar-refractivity contribution in [1.29, 1.82) is 0 Å². The molecule has 0 aliphatic heterocycles. The SMILES string of the molecule is CC(C)(C)OC(=O)NCCCCCCOc1cc(O)cc(C(=O)O)c1. The lowest BCUT2D eigenvalue weighted by Gasteiger charge is -2.19. The Balaban J connectivity index is 2.13. The van der Waals surface area contributed by atoms with E-state index in [-0.39, 0.29) is 11.3 Å². The summed E-state index contributed by atoms with van der Waals surface area (Å²) in [7, 11) is 0. The summed E-state index contributed by atoms with van der Waals surface area (Å²) in [4.78, 5) is 22.3. The summed E-state index contributed by atoms with van der Waals surface area (Å²) in [5.41, 5.74) is -0.503. The molecular formula is C18H27NO6. The standard InChI is InChI=1S/C18H27NO6/c1-18(2,3)25-17(23)19-8-6-4-5-7-9-24-15-11-13(16(21)22)10-14(20)12-15/h10-12,20H,4-9H2,1-3H3,(H,19,23)(H,21,22). The minimum Gasteiger partial charge on any atom is -0.508 e. The largest absolute Gasteiger partial charge is 0.508 e. The number of benzene rings is 1. The van der Waals surface area contributed by atoms with E-state index in [2.05, 4.69) is 5.32 Å². The lowest BCUT2D eigenvalue weighted by molar-refractivity contribution is 0.0526. The van der Waals surface area contributed by atoms with Crippen LogP contribution in [-0.4, -0.2) is 41.0 Å². The number of carbonyl (C=O) groups excluding carboxylic acids is 1. The van der Waals surface area contributed by atoms with Gasteiger partial charge < -0.3 is 25.0 Å². The number of aromatic hydroxyl groups is 1. The first-order chi connectivity index (χ1) is 11.7. The fourth-order valence-corrected chi connectivity index (χ4v) is 2.07. The summed E-state index contributed by atoms with van der Waals surface area (Å²) < 4.78 is 10.6. The Morgan fingerprint density at radius 3 is 2.40 bits per heavy atom. The normalized spacial score (nSPS) is 11.0. The smallest absolute Gasteiger partial charge is 0.407 e. The molecular weight excluding hydrogens is 326 g/mol. The van der Waals surface area contributed by atoms with Crippen molar-refractivity contribution in [2.24, 2.45) is 0 Å². The molecule has 0 atom stereocenters. The lowest BCUT2D eigenvalue weighted by Crippen LogP contribution is -2.32. The minimum absolute atomic E-state index is 0.0109. The highest BCUT2D eigenvalue weighted by Gasteiger charge is 2.15. The van der Waals surface area contributed by atoms with Gasteiger partial charge in [-0.05, 0) is 45.7 Å². The summed E-state index contributed by atoms with van der Waals surface area (Å²) in [5, 5.41) is 21.1. The van der Waals surface area contributed by atoms with E-state index in [1.165, 1.54) is 18.2 Å². The molecule has 1 aromatic carbocycles. The van der Waals surface area contributed by atoms with Crippen LogP contribution in [0.5, 0.6) is 11.5 Å². The maximum Gasteiger partial charge on any atom is 0.407 e. The van der Waals surface area contributed by atoms with Gasteiger partial charge in [-0.1, -0.05) is 12.8 Å². The molecule has 25 heavy (non-hydrogen) atoms. The molecule has 1 amide bonds. The molecule has 0 aliphatic carbocycles. The Labute approximate surface area is 147 Å². The number of phenols is 1. The molecule has 0 unspecified atom stereocenters. The number of phenolic OH excluding ortho intramolecular Hbond substituents is 1. The summed E-state index contributed by atoms with van der Waals surface area (Å²) in [6.45, 7) is 6.45. The van der Waals surface area contributed by atoms with Crippen LogP contribution in [0.15, 0.2) is 18.2 Å². The molecule has 0 spiro atoms. The van der Waals surface area contributed by atoms with Gasteiger partial charge in [0.1, 0.15) is 17.1 Å². The average molecular weight is 353 g/mol. The number of amides is 1. The number of unbranched alkanes of at least 4 members (excludes halogenated alkanes) is 3. The number of alkyl carbamates (subject to hydrolysis) is 1. The maximum atomic E-state index is 11.4. The Hall–Kier alpha value is -2.44. The van der Waals surface area contributed by atoms with Crippen LogP contribution in [0.3, 0.4) is 0 Å². The predicted octanol–water partition coefficient (Wildman–Crippen LogP) is 3.55. The third-order valence-electron chi connectivity index (χ3n) is 3.15. The number of nitrogens with one attached hydrogen (secondary N) is 1. The molecule has 0 saturated carbocycles. The van der Waals surface area contributed by atoms with Crippen molar-refractivity contribution in [3.05, 3.63) is 23.8 Å². The predicted molar refractivity (Wildman–Crippen MR) is 93.3 cm³/mol. The molecule has 0 bridgehead atoms. The molecule has 0 fully saturated rings. The van der Waals surface area contributed by atoms with Crippen LogP contribution in [-0.2, 0) is 4.74 Å². The van der Waals surface area contributed by atoms with Crippen molar-refractivity contribution in [2.75, 3.05) is 13.2 Å². The Bertz CT molecular complexity index is 579. The van der Waals surface area contributed by atoms with E-state index in [1.807, 2.05) is 20.8 Å². The Morgan fingerprint density at radius 1 is 1.08 bits per heavy atom. The Morgan fingerprint density at radius 2 is 1.76 bits per heavy atom. The number of aromatic carboxylic acids is 1. The lowest BCUT2D eigenvalue weighted by atomic mass is 10.2. The highest BCUT2D eigenvalue weighted by molar-refractivity contribution is 5.88. The van der Waals surface area contributed by atoms with E-state index in [9.17, 15) is 14.7 Å². The molecule has 7 heteroatoms. The van der Waals surface area contributed by atoms with Gasteiger partial charge in [-0.15, -0.1) is 0 Å². The van der Waals surface area contributed by atoms with Crippen molar-refractivity contribution in [3.63, 3.8) is 0 Å². The number of ether oxygens (including phenoxy) is 2. The van der Waals surface area contributed by atoms with Crippen LogP contribution in [0, 0.1) is 0 Å². The van der Waals surface area contributed by atoms with Gasteiger partial charge in [0.25, 0.3) is 0 Å². The molecule has 0 saturated heterocycles. The van der Waals surface area contributed by atoms with Gasteiger partial charge in [0.05, 0.1) is 12.2 Å². The Kier molecular flexibility index (Phi) is 8.04. The quantitative estimate of drug-likeness (QED) is 0.586. The number of rotatable bonds is 9. The maximum absolute atomic E-state index is 11.4. The van der Waals surface area contributed by atoms with Gasteiger partial charge in [-0.3, -0.25) is 0 Å². The van der Waals surface area contributed by atoms with E-state index in [4.69, 9.17) is 14.6 Å². The summed E-state index contributed by atoms with van der Waals surface area (Å²) >= 11 is 0. The number of hydrogen-bond acceptors (Lipinski definition) is 5. The van der Waals surface area contributed by atoms with Crippen molar-refractivity contribution < 1.29 is 29.3 Å². The number of hydrogen-bond donors (Lipinski definition) is 3. The monoisotopic (exact) mass is 353 g/mol. The van der Waals surface area contributed by atoms with Crippen LogP contribution in [0.25, 0.3) is 0 Å². The minimum atomic E-state index is -1.11. The summed E-state index contributed by atoms with van der Waals surface area (Å²) in [5.74, 6) is -0.912. The number of carbonyl (C=O) groups is 2. The first-order valence-corrected chi connectivity index (χ1v) is 8.34. The second-order valence-corrected chi connectivity index (χ2v) is 6.71. The third-order valence-corrected chi connectivity index (χ3v) is 3.15. The molecule has 0 heterocycles. The van der Waals surface area contributed by atoms with Crippen LogP contribution in [0.1, 0.15) is 56.8 Å². The highest BCUT2D eigenvalue weighted by Crippen LogP contribution is 2.22. The topological polar surface area (TPSA) is 105 Å². The molecule has 7 nitrogen and oxygen atoms in total. The van der Waals surface area contributed by atoms with E-state index in [1.54, 1.807) is 0 Å². The molecule has 0 radical (unpaired) electrons. The van der Waals surface area contributed by atoms with E-state index < -0.39 is 17.7 Å². The van der Waals surface area contributed by atoms with Crippen LogP contribution in [0.4, 0.5) is 4.79 Å². The zero-order valence-electron chi connectivity index (χ0n) is 15.0. The first-order valence-electron chi connectivity index (χ1n) is 8.34. The third kappa shape index (κ3) is 9.44. The van der Waals surface area contributed by atoms with Gasteiger partial charge in [0.2, 0.25) is 0 Å². The van der Waals surface area contributed by atoms with E-state index in [0.29, 0.717) is 18.9 Å². The van der Waals surface area contributed by atoms with Gasteiger partial charge in [-0.2, -0.15) is 0 Å². The summed E-state index contributed by atoms with van der Waals surface area (Å²) in [6.07, 6.45) is 3.08. The van der Waals surface area contributed by atoms with Gasteiger partial charge in [-0.25, -0.2) is 9.59 Å². The van der Waals surface area contributed by atoms with Crippen molar-refractivity contribution in [3.8, 4) is 11.5 Å². The van der Waals surface area contributed by atoms with Gasteiger partial charge in [0, 0.05) is 12.6 Å². The molecule has 3 N–H and O–H groups in total. The second-order valence-electron chi connectivity index (χ2n) is 6.71. The second kappa shape index (κ2) is 9.76. The number of carboxylic acids is 1.